The Morgan fingerprint density at radius 2 is 2.04 bits per heavy atom. The van der Waals surface area contributed by atoms with Crippen LogP contribution in [0.3, 0.4) is 0 Å². The van der Waals surface area contributed by atoms with E-state index >= 15 is 0 Å². The molecule has 0 saturated heterocycles. The molecule has 3 rings (SSSR count). The van der Waals surface area contributed by atoms with E-state index in [0.29, 0.717) is 4.90 Å². The number of benzene rings is 1. The molecule has 0 fully saturated rings. The minimum atomic E-state index is -0.797. The molecule has 0 aliphatic carbocycles. The lowest BCUT2D eigenvalue weighted by molar-refractivity contribution is -0.384. The van der Waals surface area contributed by atoms with Crippen LogP contribution in [0.15, 0.2) is 24.4 Å². The number of hydrogen-bond acceptors (Lipinski definition) is 7. The highest BCUT2D eigenvalue weighted by molar-refractivity contribution is 6.23. The number of non-ortho nitro benzene ring substituents is 1. The molecule has 11 nitrogen and oxygen atoms in total. The van der Waals surface area contributed by atoms with Crippen molar-refractivity contribution in [1.29, 1.82) is 5.26 Å². The molecule has 0 atom stereocenters. The number of carbonyl (C=O) groups excluding carboxylic acids is 3. The second-order valence-corrected chi connectivity index (χ2v) is 5.37. The van der Waals surface area contributed by atoms with Crippen LogP contribution in [0.5, 0.6) is 0 Å². The number of imide groups is 1. The van der Waals surface area contributed by atoms with Crippen LogP contribution in [-0.4, -0.2) is 43.9 Å². The van der Waals surface area contributed by atoms with Crippen molar-refractivity contribution < 1.29 is 19.3 Å². The number of amides is 3. The summed E-state index contributed by atoms with van der Waals surface area (Å²) >= 11 is 0. The van der Waals surface area contributed by atoms with Gasteiger partial charge in [-0.1, -0.05) is 0 Å². The smallest absolute Gasteiger partial charge is 0.270 e. The molecule has 0 radical (unpaired) electrons. The Morgan fingerprint density at radius 3 is 2.69 bits per heavy atom. The fraction of sp³-hybridized carbons (Fsp3) is 0.133. The molecule has 3 amide bonds. The van der Waals surface area contributed by atoms with Gasteiger partial charge in [0.2, 0.25) is 5.91 Å². The van der Waals surface area contributed by atoms with Crippen molar-refractivity contribution in [3.05, 3.63) is 51.2 Å². The Morgan fingerprint density at radius 1 is 1.35 bits per heavy atom. The van der Waals surface area contributed by atoms with Gasteiger partial charge in [-0.3, -0.25) is 34.1 Å². The van der Waals surface area contributed by atoms with Gasteiger partial charge in [0.05, 0.1) is 22.2 Å². The fourth-order valence-electron chi connectivity index (χ4n) is 2.52. The van der Waals surface area contributed by atoms with Gasteiger partial charge in [0.1, 0.15) is 24.0 Å². The molecule has 1 aliphatic heterocycles. The van der Waals surface area contributed by atoms with E-state index < -0.39 is 29.2 Å². The predicted octanol–water partition coefficient (Wildman–Crippen LogP) is 0.435. The maximum absolute atomic E-state index is 12.3. The molecular formula is C15H10N6O5. The van der Waals surface area contributed by atoms with Gasteiger partial charge in [-0.15, -0.1) is 0 Å². The van der Waals surface area contributed by atoms with Crippen molar-refractivity contribution in [1.82, 2.24) is 14.7 Å². The van der Waals surface area contributed by atoms with Crippen LogP contribution in [0.4, 0.5) is 11.5 Å². The molecule has 0 bridgehead atoms. The van der Waals surface area contributed by atoms with Gasteiger partial charge in [0.15, 0.2) is 0 Å². The number of aromatic nitrogens is 2. The Labute approximate surface area is 145 Å². The first-order valence-corrected chi connectivity index (χ1v) is 7.20. The summed E-state index contributed by atoms with van der Waals surface area (Å²) in [6, 6.07) is 5.15. The van der Waals surface area contributed by atoms with Gasteiger partial charge in [-0.05, 0) is 6.07 Å². The first kappa shape index (κ1) is 16.8. The van der Waals surface area contributed by atoms with Crippen molar-refractivity contribution >= 4 is 29.2 Å². The third-order valence-electron chi connectivity index (χ3n) is 3.78. The lowest BCUT2D eigenvalue weighted by Gasteiger charge is -2.13. The third-order valence-corrected chi connectivity index (χ3v) is 3.78. The molecule has 0 unspecified atom stereocenters. The Bertz CT molecular complexity index is 1020. The number of hydrogen-bond donors (Lipinski definition) is 1. The van der Waals surface area contributed by atoms with E-state index in [1.54, 1.807) is 0 Å². The summed E-state index contributed by atoms with van der Waals surface area (Å²) < 4.78 is 1.27. The molecule has 11 heteroatoms. The summed E-state index contributed by atoms with van der Waals surface area (Å²) in [5.74, 6) is -2.10. The number of nitro benzene ring substituents is 1. The number of rotatable bonds is 4. The molecule has 2 heterocycles. The SMILES string of the molecule is Cn1ncc(C#N)c1NC(=O)CN1C(=O)c2ccc([N+](=O)[O-])cc2C1=O. The number of nitrogens with zero attached hydrogens (tertiary/aromatic N) is 5. The average molecular weight is 354 g/mol. The molecule has 1 aromatic heterocycles. The normalized spacial score (nSPS) is 12.7. The zero-order valence-corrected chi connectivity index (χ0v) is 13.3. The van der Waals surface area contributed by atoms with E-state index in [4.69, 9.17) is 5.26 Å². The van der Waals surface area contributed by atoms with Crippen molar-refractivity contribution in [2.24, 2.45) is 7.05 Å². The maximum Gasteiger partial charge on any atom is 0.270 e. The highest BCUT2D eigenvalue weighted by Crippen LogP contribution is 2.26. The quantitative estimate of drug-likeness (QED) is 0.475. The summed E-state index contributed by atoms with van der Waals surface area (Å²) in [5, 5.41) is 26.0. The van der Waals surface area contributed by atoms with E-state index in [1.165, 1.54) is 24.0 Å². The summed E-state index contributed by atoms with van der Waals surface area (Å²) in [6.45, 7) is -0.601. The van der Waals surface area contributed by atoms with Crippen molar-refractivity contribution in [3.63, 3.8) is 0 Å². The Balaban J connectivity index is 1.80. The molecule has 1 aliphatic rings. The third kappa shape index (κ3) is 2.65. The van der Waals surface area contributed by atoms with E-state index in [1.807, 2.05) is 6.07 Å². The number of carbonyl (C=O) groups is 3. The number of nitrogens with one attached hydrogen (secondary N) is 1. The van der Waals surface area contributed by atoms with E-state index in [-0.39, 0.29) is 28.2 Å². The molecular weight excluding hydrogens is 344 g/mol. The first-order valence-electron chi connectivity index (χ1n) is 7.20. The molecule has 26 heavy (non-hydrogen) atoms. The topological polar surface area (TPSA) is 151 Å². The van der Waals surface area contributed by atoms with Crippen molar-refractivity contribution in [2.45, 2.75) is 0 Å². The number of aryl methyl sites for hydroxylation is 1. The van der Waals surface area contributed by atoms with Gasteiger partial charge in [0, 0.05) is 19.2 Å². The zero-order valence-electron chi connectivity index (χ0n) is 13.3. The summed E-state index contributed by atoms with van der Waals surface area (Å²) in [5.41, 5.74) is -0.342. The second-order valence-electron chi connectivity index (χ2n) is 5.37. The van der Waals surface area contributed by atoms with Crippen molar-refractivity contribution in [2.75, 3.05) is 11.9 Å². The molecule has 130 valence electrons. The van der Waals surface area contributed by atoms with E-state index in [2.05, 4.69) is 10.4 Å². The Kier molecular flexibility index (Phi) is 3.93. The number of nitriles is 1. The zero-order chi connectivity index (χ0) is 19.0. The Hall–Kier alpha value is -4.07. The monoisotopic (exact) mass is 354 g/mol. The largest absolute Gasteiger partial charge is 0.308 e. The first-order chi connectivity index (χ1) is 12.3. The minimum Gasteiger partial charge on any atom is -0.308 e. The molecule has 0 saturated carbocycles. The summed E-state index contributed by atoms with van der Waals surface area (Å²) in [4.78, 5) is 47.7. The maximum atomic E-state index is 12.3. The van der Waals surface area contributed by atoms with Crippen molar-refractivity contribution in [3.8, 4) is 6.07 Å². The van der Waals surface area contributed by atoms with Crippen LogP contribution in [-0.2, 0) is 11.8 Å². The number of nitro groups is 1. The highest BCUT2D eigenvalue weighted by atomic mass is 16.6. The highest BCUT2D eigenvalue weighted by Gasteiger charge is 2.38. The lowest BCUT2D eigenvalue weighted by Crippen LogP contribution is -2.37. The van der Waals surface area contributed by atoms with Gasteiger partial charge in [-0.2, -0.15) is 10.4 Å². The van der Waals surface area contributed by atoms with E-state index in [0.717, 1.165) is 12.1 Å². The summed E-state index contributed by atoms with van der Waals surface area (Å²) in [6.07, 6.45) is 1.26. The van der Waals surface area contributed by atoms with E-state index in [9.17, 15) is 24.5 Å². The van der Waals surface area contributed by atoms with Crippen LogP contribution in [0.1, 0.15) is 26.3 Å². The lowest BCUT2D eigenvalue weighted by atomic mass is 10.1. The minimum absolute atomic E-state index is 0.00773. The number of anilines is 1. The van der Waals surface area contributed by atoms with Crippen LogP contribution in [0.25, 0.3) is 0 Å². The molecule has 2 aromatic rings. The second kappa shape index (κ2) is 6.10. The predicted molar refractivity (Wildman–Crippen MR) is 85.0 cm³/mol. The number of fused-ring (bicyclic) bond motifs is 1. The van der Waals surface area contributed by atoms with Gasteiger partial charge >= 0.3 is 0 Å². The average Bonchev–Trinajstić information content (AvgIpc) is 3.07. The molecule has 1 N–H and O–H groups in total. The van der Waals surface area contributed by atoms with Crippen LogP contribution in [0.2, 0.25) is 0 Å². The standard InChI is InChI=1S/C15H10N6O5/c1-19-13(8(5-16)6-17-19)18-12(22)7-20-14(23)10-3-2-9(21(25)26)4-11(10)15(20)24/h2-4,6H,7H2,1H3,(H,18,22). The van der Waals surface area contributed by atoms with Gasteiger partial charge in [0.25, 0.3) is 17.5 Å². The van der Waals surface area contributed by atoms with Crippen LogP contribution in [0, 0.1) is 21.4 Å². The molecule has 0 spiro atoms. The fourth-order valence-corrected chi connectivity index (χ4v) is 2.52. The van der Waals surface area contributed by atoms with Gasteiger partial charge in [-0.25, -0.2) is 0 Å². The van der Waals surface area contributed by atoms with Crippen LogP contribution < -0.4 is 5.32 Å². The summed E-state index contributed by atoms with van der Waals surface area (Å²) in [7, 11) is 1.51. The van der Waals surface area contributed by atoms with Crippen LogP contribution >= 0.6 is 0 Å². The molecule has 1 aromatic carbocycles. The van der Waals surface area contributed by atoms with Gasteiger partial charge < -0.3 is 5.32 Å².